The van der Waals surface area contributed by atoms with Crippen molar-refractivity contribution >= 4 is 22.6 Å². The summed E-state index contributed by atoms with van der Waals surface area (Å²) in [6.45, 7) is 2.75. The Morgan fingerprint density at radius 1 is 1.03 bits per heavy atom. The molecule has 1 saturated heterocycles. The van der Waals surface area contributed by atoms with Crippen LogP contribution in [0.3, 0.4) is 0 Å². The maximum Gasteiger partial charge on any atom is 0.248 e. The van der Waals surface area contributed by atoms with Gasteiger partial charge in [0, 0.05) is 35.7 Å². The summed E-state index contributed by atoms with van der Waals surface area (Å²) in [7, 11) is 3.20. The Labute approximate surface area is 168 Å². The highest BCUT2D eigenvalue weighted by Crippen LogP contribution is 2.36. The summed E-state index contributed by atoms with van der Waals surface area (Å²) >= 11 is 0. The Kier molecular flexibility index (Phi) is 5.18. The molecule has 3 aromatic rings. The molecule has 4 rings (SSSR count). The molecule has 1 fully saturated rings. The summed E-state index contributed by atoms with van der Waals surface area (Å²) in [6.07, 6.45) is 0. The van der Waals surface area contributed by atoms with Crippen molar-refractivity contribution in [3.05, 3.63) is 42.0 Å². The highest BCUT2D eigenvalue weighted by molar-refractivity contribution is 5.95. The van der Waals surface area contributed by atoms with E-state index in [1.54, 1.807) is 38.5 Å². The van der Waals surface area contributed by atoms with Gasteiger partial charge in [0.2, 0.25) is 5.91 Å². The molecule has 0 atom stereocenters. The first-order chi connectivity index (χ1) is 14.1. The first-order valence-corrected chi connectivity index (χ1v) is 9.27. The molecule has 1 aromatic heterocycles. The predicted octanol–water partition coefficient (Wildman–Crippen LogP) is 2.25. The first kappa shape index (κ1) is 18.9. The molecule has 1 aliphatic heterocycles. The van der Waals surface area contributed by atoms with E-state index < -0.39 is 5.91 Å². The van der Waals surface area contributed by atoms with E-state index in [1.807, 2.05) is 12.1 Å². The van der Waals surface area contributed by atoms with E-state index in [0.29, 0.717) is 36.1 Å². The van der Waals surface area contributed by atoms with Crippen molar-refractivity contribution in [2.45, 2.75) is 0 Å². The fourth-order valence-corrected chi connectivity index (χ4v) is 3.37. The molecule has 1 aliphatic rings. The second kappa shape index (κ2) is 7.92. The van der Waals surface area contributed by atoms with Crippen molar-refractivity contribution in [2.75, 3.05) is 45.4 Å². The average molecular weight is 394 g/mol. The topological polar surface area (TPSA) is 99.8 Å². The molecule has 0 unspecified atom stereocenters. The summed E-state index contributed by atoms with van der Waals surface area (Å²) in [5.74, 6) is 2.12. The average Bonchev–Trinajstić information content (AvgIpc) is 2.78. The van der Waals surface area contributed by atoms with Gasteiger partial charge in [-0.2, -0.15) is 0 Å². The van der Waals surface area contributed by atoms with Crippen molar-refractivity contribution in [3.8, 4) is 22.9 Å². The lowest BCUT2D eigenvalue weighted by Gasteiger charge is -2.29. The smallest absolute Gasteiger partial charge is 0.248 e. The Balaban J connectivity index is 1.89. The van der Waals surface area contributed by atoms with Crippen molar-refractivity contribution in [3.63, 3.8) is 0 Å². The largest absolute Gasteiger partial charge is 0.493 e. The van der Waals surface area contributed by atoms with Gasteiger partial charge in [-0.25, -0.2) is 9.97 Å². The number of fused-ring (bicyclic) bond motifs is 1. The van der Waals surface area contributed by atoms with Crippen LogP contribution in [0, 0.1) is 0 Å². The van der Waals surface area contributed by atoms with E-state index in [4.69, 9.17) is 29.9 Å². The van der Waals surface area contributed by atoms with Crippen molar-refractivity contribution < 1.29 is 19.0 Å². The van der Waals surface area contributed by atoms with Crippen LogP contribution >= 0.6 is 0 Å². The molecule has 2 heterocycles. The van der Waals surface area contributed by atoms with Crippen LogP contribution in [-0.2, 0) is 4.74 Å². The zero-order chi connectivity index (χ0) is 20.4. The van der Waals surface area contributed by atoms with Crippen LogP contribution in [0.15, 0.2) is 36.4 Å². The van der Waals surface area contributed by atoms with E-state index >= 15 is 0 Å². The Morgan fingerprint density at radius 2 is 1.69 bits per heavy atom. The summed E-state index contributed by atoms with van der Waals surface area (Å²) < 4.78 is 16.4. The fraction of sp³-hybridized carbons (Fsp3) is 0.286. The van der Waals surface area contributed by atoms with E-state index in [0.717, 1.165) is 35.4 Å². The minimum Gasteiger partial charge on any atom is -0.493 e. The third-order valence-electron chi connectivity index (χ3n) is 4.92. The van der Waals surface area contributed by atoms with Crippen molar-refractivity contribution in [2.24, 2.45) is 5.73 Å². The third kappa shape index (κ3) is 3.66. The summed E-state index contributed by atoms with van der Waals surface area (Å²) in [6, 6.07) is 10.7. The van der Waals surface area contributed by atoms with Crippen molar-refractivity contribution in [1.82, 2.24) is 9.97 Å². The molecule has 8 heteroatoms. The van der Waals surface area contributed by atoms with Gasteiger partial charge in [-0.15, -0.1) is 0 Å². The van der Waals surface area contributed by atoms with Gasteiger partial charge in [0.1, 0.15) is 5.82 Å². The van der Waals surface area contributed by atoms with Crippen LogP contribution in [0.1, 0.15) is 10.4 Å². The number of anilines is 1. The number of benzene rings is 2. The number of methoxy groups -OCH3 is 2. The number of aromatic nitrogens is 2. The number of hydrogen-bond acceptors (Lipinski definition) is 7. The first-order valence-electron chi connectivity index (χ1n) is 9.27. The monoisotopic (exact) mass is 394 g/mol. The second-order valence-corrected chi connectivity index (χ2v) is 6.64. The maximum atomic E-state index is 11.4. The molecule has 1 amide bonds. The van der Waals surface area contributed by atoms with Gasteiger partial charge >= 0.3 is 0 Å². The molecule has 29 heavy (non-hydrogen) atoms. The van der Waals surface area contributed by atoms with Gasteiger partial charge in [-0.1, -0.05) is 12.1 Å². The number of primary amides is 1. The highest BCUT2D eigenvalue weighted by atomic mass is 16.5. The molecular weight excluding hydrogens is 372 g/mol. The van der Waals surface area contributed by atoms with Crippen LogP contribution in [0.2, 0.25) is 0 Å². The molecule has 8 nitrogen and oxygen atoms in total. The maximum absolute atomic E-state index is 11.4. The van der Waals surface area contributed by atoms with E-state index in [-0.39, 0.29) is 0 Å². The van der Waals surface area contributed by atoms with Gasteiger partial charge in [-0.05, 0) is 18.2 Å². The zero-order valence-electron chi connectivity index (χ0n) is 16.3. The third-order valence-corrected chi connectivity index (χ3v) is 4.92. The molecule has 0 radical (unpaired) electrons. The number of carbonyl (C=O) groups is 1. The van der Waals surface area contributed by atoms with Crippen LogP contribution in [0.5, 0.6) is 11.5 Å². The van der Waals surface area contributed by atoms with E-state index in [1.165, 1.54) is 0 Å². The molecule has 0 spiro atoms. The number of hydrogen-bond donors (Lipinski definition) is 1. The van der Waals surface area contributed by atoms with Gasteiger partial charge in [0.15, 0.2) is 17.3 Å². The number of amides is 1. The second-order valence-electron chi connectivity index (χ2n) is 6.64. The number of carbonyl (C=O) groups excluding carboxylic acids is 1. The molecule has 0 saturated carbocycles. The molecule has 150 valence electrons. The van der Waals surface area contributed by atoms with Gasteiger partial charge in [-0.3, -0.25) is 4.79 Å². The van der Waals surface area contributed by atoms with Crippen molar-refractivity contribution in [1.29, 1.82) is 0 Å². The number of ether oxygens (including phenoxy) is 3. The standard InChI is InChI=1S/C21H22N4O4/c1-27-17-11-15-16(12-18(17)28-2)23-20(14-5-3-13(4-6-14)19(22)26)24-21(15)25-7-9-29-10-8-25/h3-6,11-12H,7-10H2,1-2H3,(H2,22,26). The lowest BCUT2D eigenvalue weighted by molar-refractivity contribution is 0.100. The van der Waals surface area contributed by atoms with E-state index in [9.17, 15) is 4.79 Å². The van der Waals surface area contributed by atoms with Gasteiger partial charge < -0.3 is 24.8 Å². The Morgan fingerprint density at radius 3 is 2.31 bits per heavy atom. The van der Waals surface area contributed by atoms with Gasteiger partial charge in [0.05, 0.1) is 33.0 Å². The number of nitrogens with zero attached hydrogens (tertiary/aromatic N) is 3. The minimum absolute atomic E-state index is 0.439. The Hall–Kier alpha value is -3.39. The number of nitrogens with two attached hydrogens (primary N) is 1. The quantitative estimate of drug-likeness (QED) is 0.708. The molecular formula is C21H22N4O4. The predicted molar refractivity (Wildman–Crippen MR) is 110 cm³/mol. The van der Waals surface area contributed by atoms with Gasteiger partial charge in [0.25, 0.3) is 0 Å². The fourth-order valence-electron chi connectivity index (χ4n) is 3.37. The lowest BCUT2D eigenvalue weighted by Crippen LogP contribution is -2.37. The normalized spacial score (nSPS) is 14.1. The minimum atomic E-state index is -0.471. The van der Waals surface area contributed by atoms with E-state index in [2.05, 4.69) is 4.90 Å². The number of rotatable bonds is 5. The SMILES string of the molecule is COc1cc2nc(-c3ccc(C(N)=O)cc3)nc(N3CCOCC3)c2cc1OC. The molecule has 2 aromatic carbocycles. The molecule has 0 bridgehead atoms. The lowest BCUT2D eigenvalue weighted by atomic mass is 10.1. The number of morpholine rings is 1. The molecule has 2 N–H and O–H groups in total. The summed E-state index contributed by atoms with van der Waals surface area (Å²) in [5, 5.41) is 0.877. The Bertz CT molecular complexity index is 1050. The van der Waals surface area contributed by atoms with Crippen LogP contribution in [0.4, 0.5) is 5.82 Å². The van der Waals surface area contributed by atoms with Crippen LogP contribution in [-0.4, -0.2) is 56.4 Å². The highest BCUT2D eigenvalue weighted by Gasteiger charge is 2.20. The van der Waals surface area contributed by atoms with Crippen LogP contribution in [0.25, 0.3) is 22.3 Å². The summed E-state index contributed by atoms with van der Waals surface area (Å²) in [5.41, 5.74) is 7.32. The summed E-state index contributed by atoms with van der Waals surface area (Å²) in [4.78, 5) is 23.1. The molecule has 0 aliphatic carbocycles. The zero-order valence-corrected chi connectivity index (χ0v) is 16.3. The van der Waals surface area contributed by atoms with Crippen LogP contribution < -0.4 is 20.1 Å².